The van der Waals surface area contributed by atoms with Crippen molar-refractivity contribution in [3.8, 4) is 5.75 Å². The number of hydrogen-bond acceptors (Lipinski definition) is 16. The molecular formula is C69H106N8O11. The second-order valence-corrected chi connectivity index (χ2v) is 11.6. The lowest BCUT2D eigenvalue weighted by molar-refractivity contribution is -0.110. The summed E-state index contributed by atoms with van der Waals surface area (Å²) in [4.78, 5) is 97.6. The third kappa shape index (κ3) is 98.1. The summed E-state index contributed by atoms with van der Waals surface area (Å²) in [7, 11) is 0. The van der Waals surface area contributed by atoms with E-state index in [1.807, 2.05) is 151 Å². The van der Waals surface area contributed by atoms with Crippen LogP contribution in [0.25, 0.3) is 0 Å². The number of ketones is 1. The number of rotatable bonds is 0. The Labute approximate surface area is 524 Å². The maximum atomic E-state index is 10.3. The van der Waals surface area contributed by atoms with Gasteiger partial charge >= 0.3 is 5.63 Å². The third-order valence-electron chi connectivity index (χ3n) is 6.34. The Kier molecular flexibility index (Phi) is 116. The standard InChI is InChI=1S/C6H6O.4C5H5NO.3C5H4O2.2C4H4N2.10C2H6/c7-6-4-2-1-3-5-6;7-5-1-3-6-4-2-5;7-5-2-1-3-6-4-5;2*7-5-3-1-2-4-6-5;2*6-5-1-3-7-4-2-5;6-5-3-1-2-4-7-5;1-2-6-4-3-5-1;1-2-5-4-6-3-1;10*1-2/h2-5H,1H2;1-4H,(H,6,7);1-4,7H;2*1-4H,(H,6,7);3*1-4H;2*1-4H;10*1-2H3. The molecular weight excluding hydrogens is 1120 g/mol. The Morgan fingerprint density at radius 1 is 0.364 bits per heavy atom. The van der Waals surface area contributed by atoms with Gasteiger partial charge in [0, 0.05) is 123 Å². The predicted octanol–water partition coefficient (Wildman–Crippen LogP) is 16.1. The van der Waals surface area contributed by atoms with Gasteiger partial charge in [0.1, 0.15) is 12.1 Å². The number of pyridine rings is 4. The van der Waals surface area contributed by atoms with Crippen LogP contribution in [-0.4, -0.2) is 50.8 Å². The number of carbonyl (C=O) groups is 1. The molecule has 0 saturated carbocycles. The minimum atomic E-state index is -0.303. The molecule has 0 amide bonds. The van der Waals surface area contributed by atoms with Crippen molar-refractivity contribution in [2.24, 2.45) is 0 Å². The predicted molar refractivity (Wildman–Crippen MR) is 367 cm³/mol. The van der Waals surface area contributed by atoms with Crippen LogP contribution in [0.15, 0.2) is 288 Å². The van der Waals surface area contributed by atoms with Gasteiger partial charge in [0.15, 0.2) is 22.1 Å². The van der Waals surface area contributed by atoms with Crippen LogP contribution in [0.4, 0.5) is 0 Å². The summed E-state index contributed by atoms with van der Waals surface area (Å²) >= 11 is 0. The van der Waals surface area contributed by atoms with E-state index in [4.69, 9.17) is 5.11 Å². The van der Waals surface area contributed by atoms with E-state index >= 15 is 0 Å². The first-order valence-corrected chi connectivity index (χ1v) is 29.5. The van der Waals surface area contributed by atoms with E-state index < -0.39 is 0 Å². The van der Waals surface area contributed by atoms with E-state index in [-0.39, 0.29) is 44.6 Å². The van der Waals surface area contributed by atoms with Gasteiger partial charge in [0.25, 0.3) is 0 Å². The lowest BCUT2D eigenvalue weighted by Gasteiger charge is -1.87. The van der Waals surface area contributed by atoms with Crippen molar-refractivity contribution in [2.75, 3.05) is 0 Å². The number of H-pyrrole nitrogens is 3. The fraction of sp³-hybridized carbons (Fsp3) is 0.304. The summed E-state index contributed by atoms with van der Waals surface area (Å²) in [6.45, 7) is 40.0. The number of aromatic nitrogens is 8. The Hall–Kier alpha value is -10.0. The Morgan fingerprint density at radius 3 is 0.898 bits per heavy atom. The van der Waals surface area contributed by atoms with Crippen molar-refractivity contribution in [3.63, 3.8) is 0 Å². The lowest BCUT2D eigenvalue weighted by atomic mass is 10.2. The van der Waals surface area contributed by atoms with Crippen LogP contribution in [0.5, 0.6) is 5.75 Å². The van der Waals surface area contributed by atoms with Crippen LogP contribution in [0, 0.1) is 0 Å². The number of carbonyl (C=O) groups excluding carboxylic acids is 1. The number of aromatic amines is 3. The zero-order chi connectivity index (χ0) is 69.4. The molecule has 0 saturated heterocycles. The van der Waals surface area contributed by atoms with Crippen LogP contribution in [-0.2, 0) is 4.79 Å². The number of allylic oxidation sites excluding steroid dienone is 4. The molecule has 0 bridgehead atoms. The summed E-state index contributed by atoms with van der Waals surface area (Å²) < 4.78 is 13.5. The van der Waals surface area contributed by atoms with Crippen molar-refractivity contribution < 1.29 is 23.2 Å². The Bertz CT molecular complexity index is 2430. The molecule has 9 heterocycles. The summed E-state index contributed by atoms with van der Waals surface area (Å²) in [6, 6.07) is 27.9. The molecule has 0 atom stereocenters. The number of aromatic hydroxyl groups is 1. The smallest absolute Gasteiger partial charge is 0.335 e. The SMILES string of the molecule is CC.CC.CC.CC.CC.CC.CC.CC.CC.CC.O=C1C=CCC=C1.O=c1cc[nH]cc1.O=c1cccc[nH]1.O=c1cccc[nH]1.O=c1cccco1.O=c1ccocc1.O=c1ccocc1.Oc1cccnc1.c1cnccn1.c1cncnc1. The maximum absolute atomic E-state index is 10.3. The van der Waals surface area contributed by atoms with Crippen molar-refractivity contribution in [1.82, 2.24) is 39.9 Å². The monoisotopic (exact) mass is 1220 g/mol. The molecule has 1 aliphatic carbocycles. The Morgan fingerprint density at radius 2 is 0.739 bits per heavy atom. The van der Waals surface area contributed by atoms with Gasteiger partial charge in [-0.15, -0.1) is 0 Å². The van der Waals surface area contributed by atoms with Gasteiger partial charge in [-0.2, -0.15) is 0 Å². The largest absolute Gasteiger partial charge is 0.506 e. The highest BCUT2D eigenvalue weighted by Gasteiger charge is 1.89. The summed E-state index contributed by atoms with van der Waals surface area (Å²) in [6.07, 6.45) is 35.4. The molecule has 88 heavy (non-hydrogen) atoms. The second-order valence-electron chi connectivity index (χ2n) is 11.6. The first-order chi connectivity index (χ1) is 43.2. The zero-order valence-corrected chi connectivity index (χ0v) is 56.1. The quantitative estimate of drug-likeness (QED) is 0.110. The highest BCUT2D eigenvalue weighted by molar-refractivity contribution is 5.99. The van der Waals surface area contributed by atoms with Gasteiger partial charge in [0.2, 0.25) is 11.1 Å². The van der Waals surface area contributed by atoms with E-state index in [0.717, 1.165) is 6.42 Å². The van der Waals surface area contributed by atoms with Crippen LogP contribution in [0.1, 0.15) is 145 Å². The van der Waals surface area contributed by atoms with Crippen molar-refractivity contribution in [1.29, 1.82) is 0 Å². The number of nitrogens with one attached hydrogen (secondary N) is 3. The highest BCUT2D eigenvalue weighted by atomic mass is 16.4. The molecule has 19 heteroatoms. The van der Waals surface area contributed by atoms with E-state index in [0.29, 0.717) is 0 Å². The summed E-state index contributed by atoms with van der Waals surface area (Å²) in [5, 5.41) is 8.57. The van der Waals surface area contributed by atoms with E-state index in [2.05, 4.69) is 53.1 Å². The van der Waals surface area contributed by atoms with Crippen LogP contribution >= 0.6 is 0 Å². The molecule has 9 aromatic rings. The molecule has 1 aliphatic rings. The first kappa shape index (κ1) is 100.0. The van der Waals surface area contributed by atoms with Crippen molar-refractivity contribution in [2.45, 2.75) is 145 Å². The molecule has 10 rings (SSSR count). The molecule has 9 aromatic heterocycles. The molecule has 0 spiro atoms. The molecule has 0 aromatic carbocycles. The summed E-state index contributed by atoms with van der Waals surface area (Å²) in [5.41, 5.74) is -0.413. The number of hydrogen-bond donors (Lipinski definition) is 4. The third-order valence-corrected chi connectivity index (χ3v) is 6.34. The minimum Gasteiger partial charge on any atom is -0.506 e. The van der Waals surface area contributed by atoms with E-state index in [1.54, 1.807) is 135 Å². The zero-order valence-electron chi connectivity index (χ0n) is 56.1. The fourth-order valence-electron chi connectivity index (χ4n) is 3.44. The van der Waals surface area contributed by atoms with Gasteiger partial charge in [-0.25, -0.2) is 14.8 Å². The average Bonchev–Trinajstić information content (AvgIpc) is 3.63. The minimum absolute atomic E-state index is 0.0220. The number of nitrogens with zero attached hydrogens (tertiary/aromatic N) is 5. The van der Waals surface area contributed by atoms with Gasteiger partial charge in [-0.05, 0) is 55.0 Å². The van der Waals surface area contributed by atoms with Gasteiger partial charge in [-0.1, -0.05) is 169 Å². The molecule has 19 nitrogen and oxygen atoms in total. The fourth-order valence-corrected chi connectivity index (χ4v) is 3.44. The molecule has 0 radical (unpaired) electrons. The molecule has 0 fully saturated rings. The van der Waals surface area contributed by atoms with Crippen LogP contribution in [0.3, 0.4) is 0 Å². The topological polar surface area (TPSA) is 291 Å². The molecule has 0 unspecified atom stereocenters. The molecule has 4 N–H and O–H groups in total. The van der Waals surface area contributed by atoms with Crippen LogP contribution in [0.2, 0.25) is 0 Å². The van der Waals surface area contributed by atoms with Gasteiger partial charge in [0.05, 0.1) is 37.5 Å². The first-order valence-electron chi connectivity index (χ1n) is 29.5. The van der Waals surface area contributed by atoms with E-state index in [1.165, 1.54) is 98.4 Å². The lowest BCUT2D eigenvalue weighted by Crippen LogP contribution is -1.98. The maximum Gasteiger partial charge on any atom is 0.335 e. The van der Waals surface area contributed by atoms with E-state index in [9.17, 15) is 33.6 Å². The second kappa shape index (κ2) is 102. The van der Waals surface area contributed by atoms with Crippen LogP contribution < -0.4 is 33.0 Å². The van der Waals surface area contributed by atoms with Gasteiger partial charge < -0.3 is 33.3 Å². The highest BCUT2D eigenvalue weighted by Crippen LogP contribution is 2.00. The normalized spacial score (nSPS) is 7.98. The summed E-state index contributed by atoms with van der Waals surface area (Å²) in [5.74, 6) is 0.314. The van der Waals surface area contributed by atoms with Crippen molar-refractivity contribution in [3.05, 3.63) is 307 Å². The molecule has 0 aliphatic heterocycles. The van der Waals surface area contributed by atoms with Crippen molar-refractivity contribution >= 4 is 5.78 Å². The van der Waals surface area contributed by atoms with Gasteiger partial charge in [-0.3, -0.25) is 43.7 Å². The average molecular weight is 1220 g/mol. The Balaban J connectivity index is -0.0000000930. The molecule has 488 valence electrons.